The van der Waals surface area contributed by atoms with Crippen LogP contribution in [0.3, 0.4) is 0 Å². The number of rotatable bonds is 5. The van der Waals surface area contributed by atoms with Crippen LogP contribution in [0.1, 0.15) is 54.7 Å². The Morgan fingerprint density at radius 3 is 2.64 bits per heavy atom. The molecule has 2 amide bonds. The first-order chi connectivity index (χ1) is 13.5. The molecule has 3 aliphatic rings. The van der Waals surface area contributed by atoms with E-state index in [0.717, 1.165) is 44.6 Å². The van der Waals surface area contributed by atoms with Gasteiger partial charge in [0.25, 0.3) is 0 Å². The van der Waals surface area contributed by atoms with Gasteiger partial charge in [0, 0.05) is 38.6 Å². The fourth-order valence-corrected chi connectivity index (χ4v) is 4.96. The minimum atomic E-state index is -0.423. The Morgan fingerprint density at radius 1 is 1.18 bits per heavy atom. The zero-order chi connectivity index (χ0) is 19.7. The summed E-state index contributed by atoms with van der Waals surface area (Å²) in [7, 11) is 0. The highest BCUT2D eigenvalue weighted by molar-refractivity contribution is 6.01. The van der Waals surface area contributed by atoms with E-state index in [9.17, 15) is 14.0 Å². The molecule has 1 aliphatic carbocycles. The standard InChI is InChI=1S/C22H30FN3O2/c1-14-18(19-6-7-20(27)25-22(19)28)5-4-16(21(14)23)3-2-15-12-17(13-15)26-10-8-24-9-11-26/h4-5,15,17,19,24H,2-3,6-13H2,1H3,(H,25,27,28). The first kappa shape index (κ1) is 19.5. The largest absolute Gasteiger partial charge is 0.314 e. The molecule has 3 fully saturated rings. The van der Waals surface area contributed by atoms with Crippen LogP contribution in [0.25, 0.3) is 0 Å². The lowest BCUT2D eigenvalue weighted by atomic mass is 9.75. The molecule has 2 saturated heterocycles. The summed E-state index contributed by atoms with van der Waals surface area (Å²) in [6.45, 7) is 6.22. The van der Waals surface area contributed by atoms with E-state index in [-0.39, 0.29) is 17.6 Å². The first-order valence-electron chi connectivity index (χ1n) is 10.6. The zero-order valence-corrected chi connectivity index (χ0v) is 16.6. The van der Waals surface area contributed by atoms with E-state index in [0.29, 0.717) is 35.9 Å². The maximum Gasteiger partial charge on any atom is 0.234 e. The number of hydrogen-bond acceptors (Lipinski definition) is 4. The molecule has 5 nitrogen and oxygen atoms in total. The molecule has 1 atom stereocenters. The van der Waals surface area contributed by atoms with Crippen molar-refractivity contribution in [2.75, 3.05) is 26.2 Å². The Balaban J connectivity index is 1.33. The lowest BCUT2D eigenvalue weighted by Gasteiger charge is -2.44. The van der Waals surface area contributed by atoms with Gasteiger partial charge in [-0.3, -0.25) is 19.8 Å². The maximum atomic E-state index is 14.9. The van der Waals surface area contributed by atoms with Crippen LogP contribution >= 0.6 is 0 Å². The van der Waals surface area contributed by atoms with Gasteiger partial charge in [-0.05, 0) is 61.6 Å². The minimum absolute atomic E-state index is 0.180. The smallest absolute Gasteiger partial charge is 0.234 e. The van der Waals surface area contributed by atoms with E-state index in [1.165, 1.54) is 12.8 Å². The number of carbonyl (C=O) groups excluding carboxylic acids is 2. The van der Waals surface area contributed by atoms with Crippen molar-refractivity contribution >= 4 is 11.8 Å². The quantitative estimate of drug-likeness (QED) is 0.761. The number of benzene rings is 1. The SMILES string of the molecule is Cc1c(C2CCC(=O)NC2=O)ccc(CCC2CC(N3CCNCC3)C2)c1F. The number of halogens is 1. The number of amides is 2. The van der Waals surface area contributed by atoms with Crippen molar-refractivity contribution in [3.05, 3.63) is 34.6 Å². The Morgan fingerprint density at radius 2 is 1.93 bits per heavy atom. The molecule has 1 aromatic carbocycles. The average Bonchev–Trinajstić information content (AvgIpc) is 2.65. The number of imide groups is 1. The molecule has 6 heteroatoms. The molecule has 1 saturated carbocycles. The molecule has 4 rings (SSSR count). The lowest BCUT2D eigenvalue weighted by Crippen LogP contribution is -2.52. The highest BCUT2D eigenvalue weighted by Crippen LogP contribution is 2.36. The molecule has 1 aromatic rings. The lowest BCUT2D eigenvalue weighted by molar-refractivity contribution is -0.134. The van der Waals surface area contributed by atoms with Crippen LogP contribution in [0.2, 0.25) is 0 Å². The summed E-state index contributed by atoms with van der Waals surface area (Å²) in [5.41, 5.74) is 2.02. The molecule has 0 aromatic heterocycles. The van der Waals surface area contributed by atoms with Gasteiger partial charge in [-0.1, -0.05) is 12.1 Å². The normalized spacial score (nSPS) is 28.7. The number of aryl methyl sites for hydroxylation is 1. The topological polar surface area (TPSA) is 61.4 Å². The van der Waals surface area contributed by atoms with Gasteiger partial charge in [0.1, 0.15) is 5.82 Å². The predicted octanol–water partition coefficient (Wildman–Crippen LogP) is 2.27. The van der Waals surface area contributed by atoms with Gasteiger partial charge in [0.05, 0.1) is 5.92 Å². The number of hydrogen-bond donors (Lipinski definition) is 2. The second kappa shape index (κ2) is 8.29. The molecular formula is C22H30FN3O2. The molecule has 0 spiro atoms. The van der Waals surface area contributed by atoms with Crippen molar-refractivity contribution < 1.29 is 14.0 Å². The molecular weight excluding hydrogens is 357 g/mol. The predicted molar refractivity (Wildman–Crippen MR) is 106 cm³/mol. The van der Waals surface area contributed by atoms with Crippen molar-refractivity contribution in [2.45, 2.75) is 57.4 Å². The average molecular weight is 387 g/mol. The van der Waals surface area contributed by atoms with Gasteiger partial charge < -0.3 is 5.32 Å². The van der Waals surface area contributed by atoms with E-state index in [1.807, 2.05) is 12.1 Å². The second-order valence-corrected chi connectivity index (χ2v) is 8.57. The van der Waals surface area contributed by atoms with E-state index in [2.05, 4.69) is 15.5 Å². The summed E-state index contributed by atoms with van der Waals surface area (Å²) in [4.78, 5) is 26.1. The third kappa shape index (κ3) is 3.98. The van der Waals surface area contributed by atoms with E-state index in [4.69, 9.17) is 0 Å². The summed E-state index contributed by atoms with van der Waals surface area (Å²) in [6, 6.07) is 4.44. The number of carbonyl (C=O) groups is 2. The third-order valence-corrected chi connectivity index (χ3v) is 6.82. The van der Waals surface area contributed by atoms with Gasteiger partial charge in [-0.25, -0.2) is 4.39 Å². The highest BCUT2D eigenvalue weighted by Gasteiger charge is 2.34. The van der Waals surface area contributed by atoms with Crippen molar-refractivity contribution in [2.24, 2.45) is 5.92 Å². The van der Waals surface area contributed by atoms with Crippen LogP contribution < -0.4 is 10.6 Å². The van der Waals surface area contributed by atoms with Crippen LogP contribution in [-0.4, -0.2) is 48.9 Å². The van der Waals surface area contributed by atoms with Gasteiger partial charge in [0.2, 0.25) is 11.8 Å². The summed E-state index contributed by atoms with van der Waals surface area (Å²) < 4.78 is 14.9. The van der Waals surface area contributed by atoms with Crippen LogP contribution in [-0.2, 0) is 16.0 Å². The van der Waals surface area contributed by atoms with Crippen LogP contribution in [0.4, 0.5) is 4.39 Å². The highest BCUT2D eigenvalue weighted by atomic mass is 19.1. The summed E-state index contributed by atoms with van der Waals surface area (Å²) >= 11 is 0. The van der Waals surface area contributed by atoms with Gasteiger partial charge in [-0.15, -0.1) is 0 Å². The molecule has 1 unspecified atom stereocenters. The van der Waals surface area contributed by atoms with E-state index >= 15 is 0 Å². The summed E-state index contributed by atoms with van der Waals surface area (Å²) in [5, 5.41) is 5.76. The molecule has 28 heavy (non-hydrogen) atoms. The first-order valence-corrected chi connectivity index (χ1v) is 10.6. The van der Waals surface area contributed by atoms with Gasteiger partial charge in [0.15, 0.2) is 0 Å². The zero-order valence-electron chi connectivity index (χ0n) is 16.6. The Hall–Kier alpha value is -1.79. The number of nitrogens with zero attached hydrogens (tertiary/aromatic N) is 1. The van der Waals surface area contributed by atoms with Crippen LogP contribution in [0.5, 0.6) is 0 Å². The van der Waals surface area contributed by atoms with Crippen molar-refractivity contribution in [1.29, 1.82) is 0 Å². The van der Waals surface area contributed by atoms with Gasteiger partial charge in [-0.2, -0.15) is 0 Å². The summed E-state index contributed by atoms with van der Waals surface area (Å²) in [6.07, 6.45) is 5.01. The Labute approximate surface area is 166 Å². The molecule has 2 N–H and O–H groups in total. The van der Waals surface area contributed by atoms with Crippen molar-refractivity contribution in [1.82, 2.24) is 15.5 Å². The Kier molecular flexibility index (Phi) is 5.78. The molecule has 0 bridgehead atoms. The van der Waals surface area contributed by atoms with Crippen LogP contribution in [0.15, 0.2) is 12.1 Å². The van der Waals surface area contributed by atoms with Gasteiger partial charge >= 0.3 is 0 Å². The molecule has 2 heterocycles. The maximum absolute atomic E-state index is 14.9. The fraction of sp³-hybridized carbons (Fsp3) is 0.636. The Bertz CT molecular complexity index is 754. The van der Waals surface area contributed by atoms with E-state index in [1.54, 1.807) is 6.92 Å². The minimum Gasteiger partial charge on any atom is -0.314 e. The molecule has 152 valence electrons. The fourth-order valence-electron chi connectivity index (χ4n) is 4.96. The van der Waals surface area contributed by atoms with Crippen molar-refractivity contribution in [3.63, 3.8) is 0 Å². The molecule has 0 radical (unpaired) electrons. The van der Waals surface area contributed by atoms with Crippen LogP contribution in [0, 0.1) is 18.7 Å². The second-order valence-electron chi connectivity index (χ2n) is 8.57. The van der Waals surface area contributed by atoms with Crippen molar-refractivity contribution in [3.8, 4) is 0 Å². The number of nitrogens with one attached hydrogen (secondary N) is 2. The van der Waals surface area contributed by atoms with E-state index < -0.39 is 5.92 Å². The molecule has 2 aliphatic heterocycles. The number of piperidine rings is 1. The number of piperazine rings is 1. The summed E-state index contributed by atoms with van der Waals surface area (Å²) in [5.74, 6) is -0.460. The monoisotopic (exact) mass is 387 g/mol. The third-order valence-electron chi connectivity index (χ3n) is 6.82.